The summed E-state index contributed by atoms with van der Waals surface area (Å²) in [5.74, 6) is 0.960. The van der Waals surface area contributed by atoms with Crippen molar-refractivity contribution >= 4 is 45.8 Å². The second-order valence-corrected chi connectivity index (χ2v) is 4.98. The Bertz CT molecular complexity index is 368. The van der Waals surface area contributed by atoms with Crippen molar-refractivity contribution in [3.63, 3.8) is 0 Å². The fourth-order valence-corrected chi connectivity index (χ4v) is 2.19. The molecule has 1 unspecified atom stereocenters. The van der Waals surface area contributed by atoms with Crippen LogP contribution in [0.2, 0.25) is 0 Å². The molecule has 1 aliphatic rings. The number of halogens is 2. The molecule has 1 aromatic heterocycles. The van der Waals surface area contributed by atoms with E-state index in [0.717, 1.165) is 9.39 Å². The number of aromatic nitrogens is 1. The second-order valence-electron chi connectivity index (χ2n) is 3.57. The number of pyridine rings is 1. The number of alkyl halides is 1. The zero-order chi connectivity index (χ0) is 10.8. The largest absolute Gasteiger partial charge is 0.311 e. The summed E-state index contributed by atoms with van der Waals surface area (Å²) < 4.78 is 0.928. The Labute approximate surface area is 107 Å². The van der Waals surface area contributed by atoms with E-state index >= 15 is 0 Å². The Morgan fingerprint density at radius 1 is 1.60 bits per heavy atom. The van der Waals surface area contributed by atoms with Crippen molar-refractivity contribution in [1.29, 1.82) is 0 Å². The molecule has 5 heteroatoms. The van der Waals surface area contributed by atoms with Gasteiger partial charge in [0.25, 0.3) is 0 Å². The second kappa shape index (κ2) is 4.65. The van der Waals surface area contributed by atoms with E-state index in [2.05, 4.69) is 27.6 Å². The van der Waals surface area contributed by atoms with Gasteiger partial charge in [0.15, 0.2) is 0 Å². The third-order valence-electron chi connectivity index (χ3n) is 2.45. The Morgan fingerprint density at radius 3 is 2.93 bits per heavy atom. The third-order valence-corrected chi connectivity index (χ3v) is 3.52. The van der Waals surface area contributed by atoms with Crippen LogP contribution in [0.3, 0.4) is 0 Å². The van der Waals surface area contributed by atoms with Gasteiger partial charge in [0.1, 0.15) is 3.70 Å². The van der Waals surface area contributed by atoms with Crippen LogP contribution in [0.25, 0.3) is 0 Å². The predicted octanol–water partition coefficient (Wildman–Crippen LogP) is 2.28. The van der Waals surface area contributed by atoms with Gasteiger partial charge in [-0.05, 0) is 40.6 Å². The molecule has 0 bridgehead atoms. The summed E-state index contributed by atoms with van der Waals surface area (Å²) in [6.45, 7) is 0.713. The molecule has 80 valence electrons. The molecule has 1 atom stereocenters. The van der Waals surface area contributed by atoms with Crippen LogP contribution < -0.4 is 4.90 Å². The first kappa shape index (κ1) is 11.1. The van der Waals surface area contributed by atoms with Crippen LogP contribution >= 0.6 is 34.2 Å². The van der Waals surface area contributed by atoms with Gasteiger partial charge in [0.05, 0.1) is 11.9 Å². The molecular formula is C10H10ClIN2O. The first-order chi connectivity index (χ1) is 7.20. The van der Waals surface area contributed by atoms with Gasteiger partial charge in [0.2, 0.25) is 5.91 Å². The molecule has 1 aliphatic heterocycles. The van der Waals surface area contributed by atoms with Crippen LogP contribution in [0.15, 0.2) is 18.3 Å². The van der Waals surface area contributed by atoms with Crippen LogP contribution in [-0.2, 0) is 4.79 Å². The lowest BCUT2D eigenvalue weighted by Gasteiger charge is -2.15. The van der Waals surface area contributed by atoms with Crippen molar-refractivity contribution in [1.82, 2.24) is 4.98 Å². The average molecular weight is 337 g/mol. The highest BCUT2D eigenvalue weighted by atomic mass is 127. The summed E-state index contributed by atoms with van der Waals surface area (Å²) in [7, 11) is 0. The standard InChI is InChI=1S/C10H10ClIN2O/c11-4-7-3-10(15)14(6-7)8-1-2-9(12)13-5-8/h1-2,5,7H,3-4,6H2. The quantitative estimate of drug-likeness (QED) is 0.472. The number of hydrogen-bond acceptors (Lipinski definition) is 2. The molecular weight excluding hydrogens is 326 g/mol. The topological polar surface area (TPSA) is 33.2 Å². The fourth-order valence-electron chi connectivity index (χ4n) is 1.66. The highest BCUT2D eigenvalue weighted by Gasteiger charge is 2.29. The summed E-state index contributed by atoms with van der Waals surface area (Å²) in [5.41, 5.74) is 0.869. The van der Waals surface area contributed by atoms with Gasteiger partial charge in [-0.15, -0.1) is 11.6 Å². The van der Waals surface area contributed by atoms with Gasteiger partial charge >= 0.3 is 0 Å². The highest BCUT2D eigenvalue weighted by molar-refractivity contribution is 14.1. The number of rotatable bonds is 2. The monoisotopic (exact) mass is 336 g/mol. The average Bonchev–Trinajstić information content (AvgIpc) is 2.61. The van der Waals surface area contributed by atoms with E-state index < -0.39 is 0 Å². The molecule has 2 rings (SSSR count). The Morgan fingerprint density at radius 2 is 2.40 bits per heavy atom. The van der Waals surface area contributed by atoms with E-state index in [1.165, 1.54) is 0 Å². The molecule has 1 fully saturated rings. The molecule has 1 aromatic rings. The zero-order valence-corrected chi connectivity index (χ0v) is 10.9. The highest BCUT2D eigenvalue weighted by Crippen LogP contribution is 2.25. The summed E-state index contributed by atoms with van der Waals surface area (Å²) in [6, 6.07) is 3.82. The first-order valence-electron chi connectivity index (χ1n) is 4.68. The van der Waals surface area contributed by atoms with Gasteiger partial charge in [-0.25, -0.2) is 4.98 Å². The molecule has 2 heterocycles. The molecule has 1 amide bonds. The minimum Gasteiger partial charge on any atom is -0.311 e. The molecule has 15 heavy (non-hydrogen) atoms. The molecule has 0 aliphatic carbocycles. The van der Waals surface area contributed by atoms with Gasteiger partial charge in [-0.1, -0.05) is 0 Å². The van der Waals surface area contributed by atoms with Crippen LogP contribution in [-0.4, -0.2) is 23.3 Å². The lowest BCUT2D eigenvalue weighted by molar-refractivity contribution is -0.117. The van der Waals surface area contributed by atoms with Gasteiger partial charge in [-0.3, -0.25) is 4.79 Å². The van der Waals surface area contributed by atoms with Crippen molar-refractivity contribution in [3.05, 3.63) is 22.0 Å². The van der Waals surface area contributed by atoms with Crippen molar-refractivity contribution in [2.75, 3.05) is 17.3 Å². The number of carbonyl (C=O) groups is 1. The van der Waals surface area contributed by atoms with Gasteiger partial charge in [-0.2, -0.15) is 0 Å². The Hall–Kier alpha value is -0.360. The van der Waals surface area contributed by atoms with E-state index in [4.69, 9.17) is 11.6 Å². The SMILES string of the molecule is O=C1CC(CCl)CN1c1ccc(I)nc1. The van der Waals surface area contributed by atoms with Crippen LogP contribution in [0.4, 0.5) is 5.69 Å². The normalized spacial score (nSPS) is 21.1. The van der Waals surface area contributed by atoms with Crippen molar-refractivity contribution in [2.24, 2.45) is 5.92 Å². The van der Waals surface area contributed by atoms with E-state index in [9.17, 15) is 4.79 Å². The minimum absolute atomic E-state index is 0.142. The van der Waals surface area contributed by atoms with E-state index in [-0.39, 0.29) is 11.8 Å². The lowest BCUT2D eigenvalue weighted by Crippen LogP contribution is -2.24. The van der Waals surface area contributed by atoms with Crippen molar-refractivity contribution in [3.8, 4) is 0 Å². The molecule has 0 spiro atoms. The summed E-state index contributed by atoms with van der Waals surface area (Å²) >= 11 is 7.90. The summed E-state index contributed by atoms with van der Waals surface area (Å²) in [4.78, 5) is 17.6. The molecule has 0 radical (unpaired) electrons. The lowest BCUT2D eigenvalue weighted by atomic mass is 10.1. The maximum absolute atomic E-state index is 11.7. The predicted molar refractivity (Wildman–Crippen MR) is 68.1 cm³/mol. The Balaban J connectivity index is 2.18. The van der Waals surface area contributed by atoms with E-state index in [1.54, 1.807) is 11.1 Å². The molecule has 1 saturated heterocycles. The van der Waals surface area contributed by atoms with Gasteiger partial charge < -0.3 is 4.90 Å². The smallest absolute Gasteiger partial charge is 0.227 e. The minimum atomic E-state index is 0.142. The summed E-state index contributed by atoms with van der Waals surface area (Å²) in [5, 5.41) is 0. The number of carbonyl (C=O) groups excluding carboxylic acids is 1. The van der Waals surface area contributed by atoms with Crippen molar-refractivity contribution in [2.45, 2.75) is 6.42 Å². The number of hydrogen-bond donors (Lipinski definition) is 0. The third kappa shape index (κ3) is 2.42. The molecule has 3 nitrogen and oxygen atoms in total. The van der Waals surface area contributed by atoms with Crippen LogP contribution in [0, 0.1) is 9.62 Å². The van der Waals surface area contributed by atoms with E-state index in [0.29, 0.717) is 18.8 Å². The molecule has 0 saturated carbocycles. The molecule has 0 N–H and O–H groups in total. The number of anilines is 1. The summed E-state index contributed by atoms with van der Waals surface area (Å²) in [6.07, 6.45) is 2.28. The maximum Gasteiger partial charge on any atom is 0.227 e. The Kier molecular flexibility index (Phi) is 3.45. The van der Waals surface area contributed by atoms with Gasteiger partial charge in [0, 0.05) is 18.8 Å². The van der Waals surface area contributed by atoms with E-state index in [1.807, 2.05) is 12.1 Å². The molecule has 0 aromatic carbocycles. The zero-order valence-electron chi connectivity index (χ0n) is 7.99. The van der Waals surface area contributed by atoms with Crippen molar-refractivity contribution < 1.29 is 4.79 Å². The maximum atomic E-state index is 11.7. The van der Waals surface area contributed by atoms with Crippen LogP contribution in [0.5, 0.6) is 0 Å². The fraction of sp³-hybridized carbons (Fsp3) is 0.400. The number of amides is 1. The van der Waals surface area contributed by atoms with Crippen LogP contribution in [0.1, 0.15) is 6.42 Å². The first-order valence-corrected chi connectivity index (χ1v) is 6.30. The number of nitrogens with zero attached hydrogens (tertiary/aromatic N) is 2.